The van der Waals surface area contributed by atoms with E-state index in [4.69, 9.17) is 0 Å². The molecule has 0 saturated carbocycles. The number of likely N-dealkylation sites (tertiary alicyclic amines) is 1. The number of hydrogen-bond acceptors (Lipinski definition) is 5. The Hall–Kier alpha value is -0.180. The van der Waals surface area contributed by atoms with E-state index in [1.165, 1.54) is 19.3 Å². The first-order valence-electron chi connectivity index (χ1n) is 7.76. The molecule has 0 aromatic heterocycles. The lowest BCUT2D eigenvalue weighted by atomic mass is 10.1. The lowest BCUT2D eigenvalue weighted by molar-refractivity contribution is 0.232. The van der Waals surface area contributed by atoms with Gasteiger partial charge < -0.3 is 4.90 Å². The van der Waals surface area contributed by atoms with Crippen LogP contribution in [0.15, 0.2) is 0 Å². The van der Waals surface area contributed by atoms with Crippen molar-refractivity contribution in [1.29, 1.82) is 0 Å². The maximum Gasteiger partial charge on any atom is 0.211 e. The fourth-order valence-corrected chi connectivity index (χ4v) is 6.14. The van der Waals surface area contributed by atoms with Gasteiger partial charge in [-0.3, -0.25) is 0 Å². The molecule has 1 atom stereocenters. The Morgan fingerprint density at radius 2 is 1.86 bits per heavy atom. The molecule has 0 amide bonds. The van der Waals surface area contributed by atoms with E-state index in [2.05, 4.69) is 9.62 Å². The highest BCUT2D eigenvalue weighted by Gasteiger charge is 2.28. The van der Waals surface area contributed by atoms with E-state index >= 15 is 0 Å². The van der Waals surface area contributed by atoms with Gasteiger partial charge in [0.1, 0.15) is 0 Å². The molecule has 0 aromatic rings. The molecule has 0 aromatic carbocycles. The van der Waals surface area contributed by atoms with Crippen LogP contribution in [0.5, 0.6) is 0 Å². The monoisotopic (exact) mass is 338 g/mol. The van der Waals surface area contributed by atoms with Crippen LogP contribution >= 0.6 is 0 Å². The minimum absolute atomic E-state index is 0.00803. The van der Waals surface area contributed by atoms with Crippen LogP contribution in [0, 0.1) is 5.92 Å². The number of nitrogens with zero attached hydrogens (tertiary/aromatic N) is 1. The van der Waals surface area contributed by atoms with Crippen molar-refractivity contribution in [2.75, 3.05) is 43.4 Å². The summed E-state index contributed by atoms with van der Waals surface area (Å²) in [6.45, 7) is 3.33. The summed E-state index contributed by atoms with van der Waals surface area (Å²) in [4.78, 5) is 2.29. The van der Waals surface area contributed by atoms with Crippen molar-refractivity contribution in [1.82, 2.24) is 9.62 Å². The molecule has 1 N–H and O–H groups in total. The SMILES string of the molecule is O=S1(=O)CCC(CCS(=O)(=O)NCCN2CCCCC2)C1. The van der Waals surface area contributed by atoms with Crippen molar-refractivity contribution in [3.63, 3.8) is 0 Å². The van der Waals surface area contributed by atoms with Gasteiger partial charge >= 0.3 is 0 Å². The standard InChI is InChI=1S/C13H26N2O4S2/c16-20(17)10-4-13(12-20)5-11-21(18,19)14-6-9-15-7-2-1-3-8-15/h13-14H,1-12H2. The van der Waals surface area contributed by atoms with Crippen molar-refractivity contribution >= 4 is 19.9 Å². The van der Waals surface area contributed by atoms with Gasteiger partial charge in [-0.2, -0.15) is 0 Å². The summed E-state index contributed by atoms with van der Waals surface area (Å²) in [6, 6.07) is 0. The molecule has 2 aliphatic heterocycles. The summed E-state index contributed by atoms with van der Waals surface area (Å²) >= 11 is 0. The number of hydrogen-bond donors (Lipinski definition) is 1. The third-order valence-electron chi connectivity index (χ3n) is 4.32. The average Bonchev–Trinajstić information content (AvgIpc) is 2.77. The van der Waals surface area contributed by atoms with E-state index in [-0.39, 0.29) is 23.2 Å². The van der Waals surface area contributed by atoms with Gasteiger partial charge in [-0.15, -0.1) is 0 Å². The summed E-state index contributed by atoms with van der Waals surface area (Å²) in [5.74, 6) is 0.400. The van der Waals surface area contributed by atoms with E-state index < -0.39 is 19.9 Å². The highest BCUT2D eigenvalue weighted by molar-refractivity contribution is 7.91. The number of nitrogens with one attached hydrogen (secondary N) is 1. The minimum atomic E-state index is -3.28. The summed E-state index contributed by atoms with van der Waals surface area (Å²) in [5, 5.41) is 0. The second kappa shape index (κ2) is 7.39. The quantitative estimate of drug-likeness (QED) is 0.718. The van der Waals surface area contributed by atoms with Gasteiger partial charge in [0.25, 0.3) is 0 Å². The number of sulfone groups is 1. The Labute approximate surface area is 128 Å². The fraction of sp³-hybridized carbons (Fsp3) is 1.00. The van der Waals surface area contributed by atoms with E-state index in [0.717, 1.165) is 19.6 Å². The maximum absolute atomic E-state index is 11.9. The second-order valence-corrected chi connectivity index (χ2v) is 10.3. The lowest BCUT2D eigenvalue weighted by Crippen LogP contribution is -2.38. The first-order chi connectivity index (χ1) is 9.86. The van der Waals surface area contributed by atoms with Crippen LogP contribution in [-0.4, -0.2) is 65.2 Å². The zero-order valence-corrected chi connectivity index (χ0v) is 14.1. The lowest BCUT2D eigenvalue weighted by Gasteiger charge is -2.26. The minimum Gasteiger partial charge on any atom is -0.302 e. The van der Waals surface area contributed by atoms with Crippen molar-refractivity contribution in [3.05, 3.63) is 0 Å². The predicted octanol–water partition coefficient (Wildman–Crippen LogP) is 0.217. The van der Waals surface area contributed by atoms with E-state index in [1.807, 2.05) is 0 Å². The van der Waals surface area contributed by atoms with Gasteiger partial charge in [0.05, 0.1) is 17.3 Å². The molecule has 2 aliphatic rings. The van der Waals surface area contributed by atoms with Crippen molar-refractivity contribution in [3.8, 4) is 0 Å². The van der Waals surface area contributed by atoms with Crippen LogP contribution in [0.2, 0.25) is 0 Å². The summed E-state index contributed by atoms with van der Waals surface area (Å²) in [7, 11) is -6.20. The molecule has 0 radical (unpaired) electrons. The maximum atomic E-state index is 11.9. The third-order valence-corrected chi connectivity index (χ3v) is 7.57. The van der Waals surface area contributed by atoms with Crippen molar-refractivity contribution in [2.24, 2.45) is 5.92 Å². The van der Waals surface area contributed by atoms with Crippen LogP contribution in [-0.2, 0) is 19.9 Å². The Morgan fingerprint density at radius 1 is 1.14 bits per heavy atom. The molecular formula is C13H26N2O4S2. The largest absolute Gasteiger partial charge is 0.302 e. The molecule has 0 aliphatic carbocycles. The summed E-state index contributed by atoms with van der Waals surface area (Å²) < 4.78 is 49.1. The first kappa shape index (κ1) is 17.2. The molecule has 2 heterocycles. The average molecular weight is 338 g/mol. The normalized spacial score (nSPS) is 27.0. The molecule has 8 heteroatoms. The Morgan fingerprint density at radius 3 is 2.48 bits per heavy atom. The number of sulfonamides is 1. The van der Waals surface area contributed by atoms with Crippen molar-refractivity contribution < 1.29 is 16.8 Å². The van der Waals surface area contributed by atoms with Crippen molar-refractivity contribution in [2.45, 2.75) is 32.1 Å². The molecule has 2 rings (SSSR count). The molecule has 21 heavy (non-hydrogen) atoms. The van der Waals surface area contributed by atoms with E-state index in [9.17, 15) is 16.8 Å². The Kier molecular flexibility index (Phi) is 6.05. The van der Waals surface area contributed by atoms with Gasteiger partial charge in [0.2, 0.25) is 10.0 Å². The van der Waals surface area contributed by atoms with Crippen LogP contribution < -0.4 is 4.72 Å². The van der Waals surface area contributed by atoms with Crippen LogP contribution in [0.4, 0.5) is 0 Å². The van der Waals surface area contributed by atoms with E-state index in [1.54, 1.807) is 0 Å². The molecule has 124 valence electrons. The molecule has 0 spiro atoms. The van der Waals surface area contributed by atoms with Gasteiger partial charge in [0.15, 0.2) is 9.84 Å². The molecular weight excluding hydrogens is 312 g/mol. The van der Waals surface area contributed by atoms with Crippen LogP contribution in [0.1, 0.15) is 32.1 Å². The Bertz CT molecular complexity index is 524. The second-order valence-electron chi connectivity index (χ2n) is 6.17. The molecule has 6 nitrogen and oxygen atoms in total. The number of rotatable bonds is 7. The zero-order valence-electron chi connectivity index (χ0n) is 12.5. The van der Waals surface area contributed by atoms with Gasteiger partial charge in [-0.05, 0) is 44.7 Å². The fourth-order valence-electron chi connectivity index (χ4n) is 3.04. The van der Waals surface area contributed by atoms with Crippen LogP contribution in [0.3, 0.4) is 0 Å². The molecule has 2 saturated heterocycles. The topological polar surface area (TPSA) is 83.5 Å². The van der Waals surface area contributed by atoms with Crippen LogP contribution in [0.25, 0.3) is 0 Å². The third kappa shape index (κ3) is 6.22. The molecule has 0 bridgehead atoms. The Balaban J connectivity index is 1.65. The van der Waals surface area contributed by atoms with Gasteiger partial charge in [-0.1, -0.05) is 6.42 Å². The smallest absolute Gasteiger partial charge is 0.211 e. The summed E-state index contributed by atoms with van der Waals surface area (Å²) in [6.07, 6.45) is 4.71. The number of piperidine rings is 1. The van der Waals surface area contributed by atoms with Gasteiger partial charge in [-0.25, -0.2) is 21.6 Å². The van der Waals surface area contributed by atoms with E-state index in [0.29, 0.717) is 19.4 Å². The first-order valence-corrected chi connectivity index (χ1v) is 11.2. The predicted molar refractivity (Wildman–Crippen MR) is 83.5 cm³/mol. The summed E-state index contributed by atoms with van der Waals surface area (Å²) in [5.41, 5.74) is 0. The zero-order chi connectivity index (χ0) is 15.3. The molecule has 2 fully saturated rings. The van der Waals surface area contributed by atoms with Gasteiger partial charge in [0, 0.05) is 13.1 Å². The highest BCUT2D eigenvalue weighted by atomic mass is 32.2. The highest BCUT2D eigenvalue weighted by Crippen LogP contribution is 2.21. The molecule has 1 unspecified atom stereocenters.